The number of rotatable bonds is 2. The highest BCUT2D eigenvalue weighted by Gasteiger charge is 3.05. The molecule has 5 unspecified atom stereocenters. The molecule has 2 fully saturated rings. The molecule has 1 saturated carbocycles. The monoisotopic (exact) mass is 304 g/mol. The molecule has 3 aliphatic rings. The van der Waals surface area contributed by atoms with Crippen molar-refractivity contribution in [1.82, 2.24) is 0 Å². The number of ketones is 1. The quantitative estimate of drug-likeness (QED) is 0.578. The zero-order valence-electron chi connectivity index (χ0n) is 12.0. The van der Waals surface area contributed by atoms with Crippen LogP contribution in [0, 0.1) is 16.7 Å². The Morgan fingerprint density at radius 3 is 2.10 bits per heavy atom. The second kappa shape index (κ2) is 3.34. The molecule has 2 aliphatic heterocycles. The lowest BCUT2D eigenvalue weighted by Gasteiger charge is -2.33. The van der Waals surface area contributed by atoms with Gasteiger partial charge in [0.2, 0.25) is 0 Å². The molecule has 0 amide bonds. The summed E-state index contributed by atoms with van der Waals surface area (Å²) in [5.74, 6) is -3.30. The van der Waals surface area contributed by atoms with E-state index in [0.717, 1.165) is 14.0 Å². The Balaban J connectivity index is 2.34. The number of fused-ring (bicyclic) bond motifs is 5. The summed E-state index contributed by atoms with van der Waals surface area (Å²) in [5.41, 5.74) is -7.71. The van der Waals surface area contributed by atoms with E-state index >= 15 is 0 Å². The lowest BCUT2D eigenvalue weighted by atomic mass is 9.69. The van der Waals surface area contributed by atoms with Crippen molar-refractivity contribution in [2.45, 2.75) is 38.1 Å². The summed E-state index contributed by atoms with van der Waals surface area (Å²) in [4.78, 5) is 24.2. The molecule has 0 aromatic heterocycles. The van der Waals surface area contributed by atoms with Crippen molar-refractivity contribution in [1.29, 1.82) is 0 Å². The maximum Gasteiger partial charge on any atom is 0.399 e. The maximum absolute atomic E-state index is 13.9. The number of alkyl halides is 3. The zero-order valence-corrected chi connectivity index (χ0v) is 12.0. The Labute approximate surface area is 119 Å². The SMILES string of the molecule is COC(=O)C1C2(C(C)=O)C3(C)C=CC(C)(O3)C12C(F)(F)F. The van der Waals surface area contributed by atoms with Crippen molar-refractivity contribution in [3.63, 3.8) is 0 Å². The van der Waals surface area contributed by atoms with E-state index in [0.29, 0.717) is 0 Å². The number of methoxy groups -OCH3 is 1. The molecule has 0 radical (unpaired) electrons. The van der Waals surface area contributed by atoms with Gasteiger partial charge in [0, 0.05) is 0 Å². The van der Waals surface area contributed by atoms with Gasteiger partial charge in [0.15, 0.2) is 0 Å². The topological polar surface area (TPSA) is 52.6 Å². The Kier molecular flexibility index (Phi) is 2.32. The van der Waals surface area contributed by atoms with Crippen molar-refractivity contribution in [3.05, 3.63) is 12.2 Å². The summed E-state index contributed by atoms with van der Waals surface area (Å²) in [6, 6.07) is 0. The van der Waals surface area contributed by atoms with Crippen LogP contribution in [0.3, 0.4) is 0 Å². The van der Waals surface area contributed by atoms with E-state index in [1.165, 1.54) is 26.0 Å². The van der Waals surface area contributed by atoms with Crippen molar-refractivity contribution in [3.8, 4) is 0 Å². The summed E-state index contributed by atoms with van der Waals surface area (Å²) in [6.07, 6.45) is -2.00. The Hall–Kier alpha value is -1.37. The minimum absolute atomic E-state index is 0.703. The van der Waals surface area contributed by atoms with Crippen LogP contribution in [0.5, 0.6) is 0 Å². The molecule has 21 heavy (non-hydrogen) atoms. The van der Waals surface area contributed by atoms with Gasteiger partial charge in [-0.1, -0.05) is 12.2 Å². The summed E-state index contributed by atoms with van der Waals surface area (Å²) >= 11 is 0. The second-order valence-electron chi connectivity index (χ2n) is 6.28. The summed E-state index contributed by atoms with van der Waals surface area (Å²) in [6.45, 7) is 3.78. The predicted molar refractivity (Wildman–Crippen MR) is 64.1 cm³/mol. The predicted octanol–water partition coefficient (Wildman–Crippen LogP) is 2.03. The fourth-order valence-corrected chi connectivity index (χ4v) is 5.05. The van der Waals surface area contributed by atoms with Gasteiger partial charge in [0.1, 0.15) is 16.8 Å². The average molecular weight is 304 g/mol. The van der Waals surface area contributed by atoms with Crippen LogP contribution in [-0.4, -0.2) is 36.2 Å². The third-order valence-corrected chi connectivity index (χ3v) is 5.55. The Bertz CT molecular complexity index is 598. The molecule has 3 rings (SSSR count). The highest BCUT2D eigenvalue weighted by atomic mass is 19.4. The average Bonchev–Trinajstić information content (AvgIpc) is 2.89. The molecule has 0 N–H and O–H groups in total. The smallest absolute Gasteiger partial charge is 0.399 e. The number of ether oxygens (including phenoxy) is 2. The van der Waals surface area contributed by atoms with E-state index in [4.69, 9.17) is 4.74 Å². The number of hydrogen-bond acceptors (Lipinski definition) is 4. The third-order valence-electron chi connectivity index (χ3n) is 5.55. The van der Waals surface area contributed by atoms with Crippen LogP contribution in [0.25, 0.3) is 0 Å². The Morgan fingerprint density at radius 2 is 1.71 bits per heavy atom. The van der Waals surface area contributed by atoms with Gasteiger partial charge in [-0.05, 0) is 20.8 Å². The molecular weight excluding hydrogens is 289 g/mol. The van der Waals surface area contributed by atoms with Gasteiger partial charge in [-0.3, -0.25) is 9.59 Å². The minimum atomic E-state index is -4.77. The highest BCUT2D eigenvalue weighted by molar-refractivity contribution is 6.00. The molecule has 0 spiro atoms. The zero-order chi connectivity index (χ0) is 16.1. The van der Waals surface area contributed by atoms with Gasteiger partial charge in [-0.2, -0.15) is 13.2 Å². The van der Waals surface area contributed by atoms with Gasteiger partial charge in [0.05, 0.1) is 24.0 Å². The van der Waals surface area contributed by atoms with E-state index in [1.54, 1.807) is 0 Å². The first kappa shape index (κ1) is 14.6. The standard InChI is InChI=1S/C14H15F3O4/c1-7(18)12-8(9(19)20-4)13(12,14(15,16)17)11(3)6-5-10(12,2)21-11/h5-6,8H,1-4H3. The number of carbonyl (C=O) groups excluding carboxylic acids is 2. The summed E-state index contributed by atoms with van der Waals surface area (Å²) in [7, 11) is 1.02. The fourth-order valence-electron chi connectivity index (χ4n) is 5.05. The van der Waals surface area contributed by atoms with Gasteiger partial charge in [-0.15, -0.1) is 0 Å². The highest BCUT2D eigenvalue weighted by Crippen LogP contribution is 2.90. The summed E-state index contributed by atoms with van der Waals surface area (Å²) in [5, 5.41) is 0. The van der Waals surface area contributed by atoms with Crippen LogP contribution in [0.1, 0.15) is 20.8 Å². The molecular formula is C14H15F3O4. The van der Waals surface area contributed by atoms with Crippen molar-refractivity contribution in [2.75, 3.05) is 7.11 Å². The molecule has 2 bridgehead atoms. The minimum Gasteiger partial charge on any atom is -0.469 e. The molecule has 2 heterocycles. The second-order valence-corrected chi connectivity index (χ2v) is 6.28. The molecule has 116 valence electrons. The van der Waals surface area contributed by atoms with E-state index < -0.39 is 45.9 Å². The van der Waals surface area contributed by atoms with E-state index in [1.807, 2.05) is 0 Å². The van der Waals surface area contributed by atoms with Gasteiger partial charge >= 0.3 is 12.1 Å². The molecule has 0 aromatic rings. The maximum atomic E-state index is 13.9. The summed E-state index contributed by atoms with van der Waals surface area (Å²) < 4.78 is 51.9. The third kappa shape index (κ3) is 1.06. The largest absolute Gasteiger partial charge is 0.469 e. The van der Waals surface area contributed by atoms with Crippen molar-refractivity contribution in [2.24, 2.45) is 16.7 Å². The number of Topliss-reactive ketones (excluding diaryl/α,β-unsaturated/α-hetero) is 1. The molecule has 1 aliphatic carbocycles. The first-order valence-corrected chi connectivity index (χ1v) is 6.52. The van der Waals surface area contributed by atoms with Crippen LogP contribution in [0.2, 0.25) is 0 Å². The van der Waals surface area contributed by atoms with E-state index in [-0.39, 0.29) is 0 Å². The van der Waals surface area contributed by atoms with Crippen molar-refractivity contribution >= 4 is 11.8 Å². The number of hydrogen-bond donors (Lipinski definition) is 0. The molecule has 0 aromatic carbocycles. The lowest BCUT2D eigenvalue weighted by molar-refractivity contribution is -0.232. The van der Waals surface area contributed by atoms with E-state index in [9.17, 15) is 22.8 Å². The van der Waals surface area contributed by atoms with E-state index in [2.05, 4.69) is 4.74 Å². The van der Waals surface area contributed by atoms with Gasteiger partial charge in [-0.25, -0.2) is 0 Å². The number of halogens is 3. The molecule has 5 atom stereocenters. The van der Waals surface area contributed by atoms with Gasteiger partial charge in [0.25, 0.3) is 0 Å². The van der Waals surface area contributed by atoms with Crippen LogP contribution in [-0.2, 0) is 19.1 Å². The van der Waals surface area contributed by atoms with Crippen LogP contribution in [0.4, 0.5) is 13.2 Å². The van der Waals surface area contributed by atoms with Crippen LogP contribution >= 0.6 is 0 Å². The Morgan fingerprint density at radius 1 is 1.19 bits per heavy atom. The van der Waals surface area contributed by atoms with Crippen molar-refractivity contribution < 1.29 is 32.2 Å². The first-order chi connectivity index (χ1) is 9.46. The normalized spacial score (nSPS) is 50.0. The van der Waals surface area contributed by atoms with Crippen LogP contribution < -0.4 is 0 Å². The molecule has 1 saturated heterocycles. The fraction of sp³-hybridized carbons (Fsp3) is 0.714. The molecule has 7 heteroatoms. The first-order valence-electron chi connectivity index (χ1n) is 6.52. The molecule has 4 nitrogen and oxygen atoms in total. The number of esters is 1. The lowest BCUT2D eigenvalue weighted by Crippen LogP contribution is -2.47. The van der Waals surface area contributed by atoms with Gasteiger partial charge < -0.3 is 9.47 Å². The van der Waals surface area contributed by atoms with Crippen LogP contribution in [0.15, 0.2) is 12.2 Å². The number of carbonyl (C=O) groups is 2.